The second-order valence-corrected chi connectivity index (χ2v) is 5.99. The number of nitrogens with one attached hydrogen (secondary N) is 1. The number of aromatic hydroxyl groups is 1. The maximum absolute atomic E-state index is 9.84. The number of nitrogens with zero attached hydrogens (tertiary/aromatic N) is 2. The summed E-state index contributed by atoms with van der Waals surface area (Å²) in [6.07, 6.45) is 1.67. The van der Waals surface area contributed by atoms with Crippen molar-refractivity contribution in [2.75, 3.05) is 5.43 Å². The van der Waals surface area contributed by atoms with Gasteiger partial charge < -0.3 is 5.11 Å². The van der Waals surface area contributed by atoms with Gasteiger partial charge in [-0.25, -0.2) is 4.98 Å². The van der Waals surface area contributed by atoms with Gasteiger partial charge in [0.2, 0.25) is 5.13 Å². The SMILES string of the molecule is Oc1cccc2c1CC/C2=N/Nc1nc2ccccc2s1. The van der Waals surface area contributed by atoms with Gasteiger partial charge in [-0.1, -0.05) is 35.6 Å². The maximum Gasteiger partial charge on any atom is 0.204 e. The Morgan fingerprint density at radius 3 is 2.90 bits per heavy atom. The Hall–Kier alpha value is -2.40. The lowest BCUT2D eigenvalue weighted by molar-refractivity contribution is 0.469. The average Bonchev–Trinajstić information content (AvgIpc) is 3.09. The molecule has 1 aromatic heterocycles. The molecule has 2 N–H and O–H groups in total. The molecule has 1 aliphatic carbocycles. The molecular formula is C16H13N3OS. The third-order valence-electron chi connectivity index (χ3n) is 3.65. The average molecular weight is 295 g/mol. The molecule has 0 fully saturated rings. The fourth-order valence-corrected chi connectivity index (χ4v) is 3.45. The Balaban J connectivity index is 1.64. The van der Waals surface area contributed by atoms with E-state index in [1.165, 1.54) is 0 Å². The number of aromatic nitrogens is 1. The Kier molecular flexibility index (Phi) is 2.86. The molecule has 104 valence electrons. The number of fused-ring (bicyclic) bond motifs is 2. The zero-order chi connectivity index (χ0) is 14.2. The second-order valence-electron chi connectivity index (χ2n) is 4.96. The number of hydrazone groups is 1. The van der Waals surface area contributed by atoms with Crippen LogP contribution >= 0.6 is 11.3 Å². The lowest BCUT2D eigenvalue weighted by Crippen LogP contribution is -1.99. The summed E-state index contributed by atoms with van der Waals surface area (Å²) in [4.78, 5) is 4.50. The molecule has 0 saturated carbocycles. The van der Waals surface area contributed by atoms with Gasteiger partial charge in [0, 0.05) is 11.1 Å². The number of hydrogen-bond donors (Lipinski definition) is 2. The number of phenols is 1. The monoisotopic (exact) mass is 295 g/mol. The van der Waals surface area contributed by atoms with Gasteiger partial charge in [-0.3, -0.25) is 5.43 Å². The molecule has 0 amide bonds. The van der Waals surface area contributed by atoms with E-state index in [1.807, 2.05) is 36.4 Å². The predicted octanol–water partition coefficient (Wildman–Crippen LogP) is 3.76. The third kappa shape index (κ3) is 2.15. The fourth-order valence-electron chi connectivity index (χ4n) is 2.64. The van der Waals surface area contributed by atoms with Crippen LogP contribution in [-0.4, -0.2) is 15.8 Å². The van der Waals surface area contributed by atoms with Gasteiger partial charge in [-0.15, -0.1) is 0 Å². The number of para-hydroxylation sites is 1. The highest BCUT2D eigenvalue weighted by Crippen LogP contribution is 2.30. The molecule has 0 radical (unpaired) electrons. The lowest BCUT2D eigenvalue weighted by atomic mass is 10.1. The van der Waals surface area contributed by atoms with Crippen molar-refractivity contribution in [3.63, 3.8) is 0 Å². The molecule has 0 aliphatic heterocycles. The largest absolute Gasteiger partial charge is 0.508 e. The van der Waals surface area contributed by atoms with Gasteiger partial charge in [0.1, 0.15) is 5.75 Å². The molecule has 4 nitrogen and oxygen atoms in total. The first-order chi connectivity index (χ1) is 10.3. The maximum atomic E-state index is 9.84. The molecule has 0 spiro atoms. The first-order valence-corrected chi connectivity index (χ1v) is 7.62. The van der Waals surface area contributed by atoms with E-state index in [4.69, 9.17) is 0 Å². The molecule has 0 unspecified atom stereocenters. The summed E-state index contributed by atoms with van der Waals surface area (Å²) in [7, 11) is 0. The highest BCUT2D eigenvalue weighted by molar-refractivity contribution is 7.22. The van der Waals surface area contributed by atoms with Gasteiger partial charge in [0.15, 0.2) is 0 Å². The van der Waals surface area contributed by atoms with Crippen LogP contribution in [0.15, 0.2) is 47.6 Å². The van der Waals surface area contributed by atoms with E-state index in [-0.39, 0.29) is 0 Å². The lowest BCUT2D eigenvalue weighted by Gasteiger charge is -2.02. The zero-order valence-electron chi connectivity index (χ0n) is 11.2. The Morgan fingerprint density at radius 2 is 2.00 bits per heavy atom. The predicted molar refractivity (Wildman–Crippen MR) is 86.2 cm³/mol. The van der Waals surface area contributed by atoms with Crippen LogP contribution in [-0.2, 0) is 6.42 Å². The van der Waals surface area contributed by atoms with Gasteiger partial charge in [-0.05, 0) is 31.0 Å². The Bertz CT molecular complexity index is 821. The van der Waals surface area contributed by atoms with Crippen molar-refractivity contribution in [1.82, 2.24) is 4.98 Å². The summed E-state index contributed by atoms with van der Waals surface area (Å²) in [6.45, 7) is 0. The Labute approximate surface area is 125 Å². The van der Waals surface area contributed by atoms with Crippen LogP contribution in [0.25, 0.3) is 10.2 Å². The molecule has 21 heavy (non-hydrogen) atoms. The van der Waals surface area contributed by atoms with Crippen molar-refractivity contribution in [3.8, 4) is 5.75 Å². The van der Waals surface area contributed by atoms with E-state index in [1.54, 1.807) is 17.4 Å². The Morgan fingerprint density at radius 1 is 1.10 bits per heavy atom. The van der Waals surface area contributed by atoms with E-state index < -0.39 is 0 Å². The van der Waals surface area contributed by atoms with Crippen LogP contribution in [0.2, 0.25) is 0 Å². The van der Waals surface area contributed by atoms with Gasteiger partial charge in [0.25, 0.3) is 0 Å². The standard InChI is InChI=1S/C16H13N3OS/c20-14-6-3-4-10-11(14)8-9-12(10)18-19-16-17-13-5-1-2-7-15(13)21-16/h1-7,20H,8-9H2,(H,17,19)/b18-12-. The van der Waals surface area contributed by atoms with Crippen LogP contribution in [0.5, 0.6) is 5.75 Å². The number of phenolic OH excluding ortho intramolecular Hbond substituents is 1. The van der Waals surface area contributed by atoms with Crippen LogP contribution < -0.4 is 5.43 Å². The highest BCUT2D eigenvalue weighted by Gasteiger charge is 2.20. The molecule has 0 bridgehead atoms. The quantitative estimate of drug-likeness (QED) is 0.708. The first kappa shape index (κ1) is 12.3. The highest BCUT2D eigenvalue weighted by atomic mass is 32.1. The summed E-state index contributed by atoms with van der Waals surface area (Å²) in [5.41, 5.74) is 7.02. The second kappa shape index (κ2) is 4.86. The summed E-state index contributed by atoms with van der Waals surface area (Å²) in [6, 6.07) is 13.6. The first-order valence-electron chi connectivity index (χ1n) is 6.80. The molecule has 1 aliphatic rings. The van der Waals surface area contributed by atoms with E-state index in [2.05, 4.69) is 15.5 Å². The van der Waals surface area contributed by atoms with Crippen molar-refractivity contribution in [2.24, 2.45) is 5.10 Å². The number of anilines is 1. The molecular weight excluding hydrogens is 282 g/mol. The number of hydrogen-bond acceptors (Lipinski definition) is 5. The van der Waals surface area contributed by atoms with Gasteiger partial charge in [-0.2, -0.15) is 5.10 Å². The van der Waals surface area contributed by atoms with E-state index >= 15 is 0 Å². The van der Waals surface area contributed by atoms with Gasteiger partial charge in [0.05, 0.1) is 15.9 Å². The topological polar surface area (TPSA) is 57.5 Å². The van der Waals surface area contributed by atoms with Crippen molar-refractivity contribution >= 4 is 32.4 Å². The third-order valence-corrected chi connectivity index (χ3v) is 4.60. The summed E-state index contributed by atoms with van der Waals surface area (Å²) >= 11 is 1.59. The van der Waals surface area contributed by atoms with Crippen molar-refractivity contribution in [2.45, 2.75) is 12.8 Å². The molecule has 2 aromatic carbocycles. The van der Waals surface area contributed by atoms with Crippen molar-refractivity contribution < 1.29 is 5.11 Å². The van der Waals surface area contributed by atoms with Gasteiger partial charge >= 0.3 is 0 Å². The molecule has 1 heterocycles. The number of thiazole rings is 1. The minimum absolute atomic E-state index is 0.359. The minimum atomic E-state index is 0.359. The van der Waals surface area contributed by atoms with Crippen molar-refractivity contribution in [1.29, 1.82) is 0 Å². The fraction of sp³-hybridized carbons (Fsp3) is 0.125. The molecule has 0 saturated heterocycles. The van der Waals surface area contributed by atoms with E-state index in [0.717, 1.165) is 45.0 Å². The van der Waals surface area contributed by atoms with Crippen LogP contribution in [0, 0.1) is 0 Å². The molecule has 0 atom stereocenters. The molecule has 3 aromatic rings. The number of rotatable bonds is 2. The van der Waals surface area contributed by atoms with Crippen LogP contribution in [0.4, 0.5) is 5.13 Å². The smallest absolute Gasteiger partial charge is 0.204 e. The van der Waals surface area contributed by atoms with Crippen molar-refractivity contribution in [3.05, 3.63) is 53.6 Å². The summed E-state index contributed by atoms with van der Waals surface area (Å²) in [5.74, 6) is 0.359. The summed E-state index contributed by atoms with van der Waals surface area (Å²) in [5, 5.41) is 15.1. The summed E-state index contributed by atoms with van der Waals surface area (Å²) < 4.78 is 1.14. The normalized spacial score (nSPS) is 15.5. The van der Waals surface area contributed by atoms with E-state index in [9.17, 15) is 5.11 Å². The molecule has 5 heteroatoms. The zero-order valence-corrected chi connectivity index (χ0v) is 12.0. The van der Waals surface area contributed by atoms with E-state index in [0.29, 0.717) is 5.75 Å². The minimum Gasteiger partial charge on any atom is -0.508 e. The number of benzene rings is 2. The van der Waals surface area contributed by atoms with Crippen LogP contribution in [0.1, 0.15) is 17.5 Å². The molecule has 4 rings (SSSR count). The van der Waals surface area contributed by atoms with Crippen LogP contribution in [0.3, 0.4) is 0 Å².